The van der Waals surface area contributed by atoms with Crippen molar-refractivity contribution in [3.05, 3.63) is 38.4 Å². The number of aromatic amines is 1. The molecule has 32 heavy (non-hydrogen) atoms. The molecule has 2 fully saturated rings. The van der Waals surface area contributed by atoms with Crippen LogP contribution < -0.4 is 4.87 Å². The van der Waals surface area contributed by atoms with E-state index >= 15 is 0 Å². The lowest BCUT2D eigenvalue weighted by molar-refractivity contribution is 0.0699. The van der Waals surface area contributed by atoms with Crippen molar-refractivity contribution < 1.29 is 13.2 Å². The molecule has 0 aromatic carbocycles. The second kappa shape index (κ2) is 7.49. The van der Waals surface area contributed by atoms with E-state index < -0.39 is 14.9 Å². The highest BCUT2D eigenvalue weighted by Crippen LogP contribution is 2.40. The Bertz CT molecular complexity index is 1390. The first-order valence-corrected chi connectivity index (χ1v) is 12.8. The summed E-state index contributed by atoms with van der Waals surface area (Å²) in [6.45, 7) is 4.35. The molecule has 3 aromatic rings. The van der Waals surface area contributed by atoms with Gasteiger partial charge in [-0.25, -0.2) is 13.4 Å². The van der Waals surface area contributed by atoms with Gasteiger partial charge in [0.25, 0.3) is 15.9 Å². The Hall–Kier alpha value is -2.57. The number of fused-ring (bicyclic) bond motifs is 1. The summed E-state index contributed by atoms with van der Waals surface area (Å²) in [5.74, 6) is 0.259. The van der Waals surface area contributed by atoms with E-state index in [1.54, 1.807) is 16.5 Å². The molecule has 0 unspecified atom stereocenters. The largest absolute Gasteiger partial charge is 0.336 e. The SMILES string of the molecule is Cc1[nH]c(=O)sc1S(=O)(=O)N1CCN(C(=O)c2cc(C3CC3)nc3c2c(C)nn3C)CC1. The van der Waals surface area contributed by atoms with Gasteiger partial charge in [0.2, 0.25) is 0 Å². The number of nitrogens with one attached hydrogen (secondary N) is 1. The molecule has 0 bridgehead atoms. The summed E-state index contributed by atoms with van der Waals surface area (Å²) in [4.78, 5) is 33.6. The predicted molar refractivity (Wildman–Crippen MR) is 120 cm³/mol. The van der Waals surface area contributed by atoms with Gasteiger partial charge in [-0.3, -0.25) is 14.3 Å². The first-order chi connectivity index (χ1) is 15.2. The number of H-pyrrole nitrogens is 1. The van der Waals surface area contributed by atoms with Gasteiger partial charge in [-0.15, -0.1) is 0 Å². The normalized spacial score (nSPS) is 17.9. The van der Waals surface area contributed by atoms with Crippen molar-refractivity contribution in [1.82, 2.24) is 29.0 Å². The second-order valence-electron chi connectivity index (χ2n) is 8.40. The van der Waals surface area contributed by atoms with Gasteiger partial charge in [0, 0.05) is 50.5 Å². The Kier molecular flexibility index (Phi) is 4.98. The maximum atomic E-state index is 13.5. The highest BCUT2D eigenvalue weighted by atomic mass is 32.2. The number of piperazine rings is 1. The summed E-state index contributed by atoms with van der Waals surface area (Å²) in [7, 11) is -1.95. The minimum absolute atomic E-state index is 0.0400. The number of carbonyl (C=O) groups excluding carboxylic acids is 1. The molecule has 170 valence electrons. The molecule has 1 aliphatic carbocycles. The molecule has 2 aliphatic rings. The highest BCUT2D eigenvalue weighted by Gasteiger charge is 2.34. The Morgan fingerprint density at radius 3 is 2.47 bits per heavy atom. The van der Waals surface area contributed by atoms with Gasteiger partial charge in [0.15, 0.2) is 9.86 Å². The number of pyridine rings is 1. The van der Waals surface area contributed by atoms with Gasteiger partial charge in [-0.1, -0.05) is 11.3 Å². The Labute approximate surface area is 188 Å². The topological polar surface area (TPSA) is 121 Å². The number of aryl methyl sites for hydroxylation is 3. The van der Waals surface area contributed by atoms with Crippen LogP contribution in [-0.4, -0.2) is 69.5 Å². The van der Waals surface area contributed by atoms with Gasteiger partial charge in [-0.05, 0) is 32.8 Å². The maximum Gasteiger partial charge on any atom is 0.305 e. The fourth-order valence-corrected chi connectivity index (χ4v) is 7.13. The Balaban J connectivity index is 1.41. The quantitative estimate of drug-likeness (QED) is 0.607. The zero-order chi connectivity index (χ0) is 22.8. The van der Waals surface area contributed by atoms with Crippen LogP contribution in [0.1, 0.15) is 46.2 Å². The van der Waals surface area contributed by atoms with E-state index in [0.29, 0.717) is 34.2 Å². The van der Waals surface area contributed by atoms with Crippen LogP contribution in [0, 0.1) is 13.8 Å². The third-order valence-corrected chi connectivity index (χ3v) is 9.58. The van der Waals surface area contributed by atoms with Crippen LogP contribution in [-0.2, 0) is 17.1 Å². The number of hydrogen-bond donors (Lipinski definition) is 1. The Morgan fingerprint density at radius 2 is 1.88 bits per heavy atom. The zero-order valence-corrected chi connectivity index (χ0v) is 19.7. The lowest BCUT2D eigenvalue weighted by Crippen LogP contribution is -2.50. The molecule has 4 heterocycles. The number of rotatable bonds is 4. The summed E-state index contributed by atoms with van der Waals surface area (Å²) in [6.07, 6.45) is 2.15. The highest BCUT2D eigenvalue weighted by molar-refractivity contribution is 7.91. The molecule has 0 radical (unpaired) electrons. The number of hydrogen-bond acceptors (Lipinski definition) is 7. The molecule has 1 amide bonds. The molecule has 1 saturated heterocycles. The summed E-state index contributed by atoms with van der Waals surface area (Å²) >= 11 is 0.697. The van der Waals surface area contributed by atoms with Crippen molar-refractivity contribution in [3.8, 4) is 0 Å². The van der Waals surface area contributed by atoms with E-state index in [0.717, 1.165) is 29.6 Å². The lowest BCUT2D eigenvalue weighted by Gasteiger charge is -2.34. The number of aromatic nitrogens is 4. The third kappa shape index (κ3) is 3.46. The van der Waals surface area contributed by atoms with Crippen LogP contribution in [0.2, 0.25) is 0 Å². The maximum absolute atomic E-state index is 13.5. The van der Waals surface area contributed by atoms with Crippen molar-refractivity contribution in [2.45, 2.75) is 36.8 Å². The minimum Gasteiger partial charge on any atom is -0.336 e. The molecule has 1 saturated carbocycles. The van der Waals surface area contributed by atoms with Crippen LogP contribution in [0.5, 0.6) is 0 Å². The molecule has 0 atom stereocenters. The average Bonchev–Trinajstić information content (AvgIpc) is 3.50. The third-order valence-electron chi connectivity index (χ3n) is 6.10. The van der Waals surface area contributed by atoms with Crippen molar-refractivity contribution in [2.24, 2.45) is 7.05 Å². The molecule has 5 rings (SSSR count). The number of carbonyl (C=O) groups is 1. The average molecular weight is 477 g/mol. The summed E-state index contributed by atoms with van der Waals surface area (Å²) in [5, 5.41) is 5.21. The first-order valence-electron chi connectivity index (χ1n) is 10.5. The van der Waals surface area contributed by atoms with Gasteiger partial charge in [0.05, 0.1) is 16.6 Å². The molecule has 0 spiro atoms. The Morgan fingerprint density at radius 1 is 1.19 bits per heavy atom. The van der Waals surface area contributed by atoms with E-state index in [4.69, 9.17) is 4.98 Å². The predicted octanol–water partition coefficient (Wildman–Crippen LogP) is 1.36. The number of thiazole rings is 1. The fraction of sp³-hybridized carbons (Fsp3) is 0.500. The lowest BCUT2D eigenvalue weighted by atomic mass is 10.1. The van der Waals surface area contributed by atoms with Crippen molar-refractivity contribution in [2.75, 3.05) is 26.2 Å². The van der Waals surface area contributed by atoms with Crippen LogP contribution in [0.25, 0.3) is 11.0 Å². The van der Waals surface area contributed by atoms with Gasteiger partial charge < -0.3 is 9.88 Å². The van der Waals surface area contributed by atoms with E-state index in [9.17, 15) is 18.0 Å². The summed E-state index contributed by atoms with van der Waals surface area (Å²) < 4.78 is 29.0. The van der Waals surface area contributed by atoms with Crippen LogP contribution in [0.3, 0.4) is 0 Å². The monoisotopic (exact) mass is 476 g/mol. The van der Waals surface area contributed by atoms with E-state index in [2.05, 4.69) is 10.1 Å². The van der Waals surface area contributed by atoms with Crippen molar-refractivity contribution in [3.63, 3.8) is 0 Å². The fourth-order valence-electron chi connectivity index (χ4n) is 4.28. The smallest absolute Gasteiger partial charge is 0.305 e. The van der Waals surface area contributed by atoms with Crippen LogP contribution in [0.4, 0.5) is 0 Å². The van der Waals surface area contributed by atoms with Crippen LogP contribution >= 0.6 is 11.3 Å². The van der Waals surface area contributed by atoms with Gasteiger partial charge >= 0.3 is 4.87 Å². The van der Waals surface area contributed by atoms with Crippen molar-refractivity contribution >= 4 is 38.3 Å². The van der Waals surface area contributed by atoms with E-state index in [1.807, 2.05) is 20.0 Å². The molecule has 3 aromatic heterocycles. The molecule has 1 N–H and O–H groups in total. The number of sulfonamides is 1. The second-order valence-corrected chi connectivity index (χ2v) is 11.5. The molecule has 12 heteroatoms. The molecule has 1 aliphatic heterocycles. The standard InChI is InChI=1S/C20H24N6O4S2/c1-11-16-14(10-15(13-4-5-13)22-17(16)24(3)23-11)18(27)25-6-8-26(9-7-25)32(29,30)19-12(2)21-20(28)31-19/h10,13H,4-9H2,1-3H3,(H,21,28). The van der Waals surface area contributed by atoms with E-state index in [1.165, 1.54) is 4.31 Å². The first kappa shape index (κ1) is 21.3. The number of nitrogens with zero attached hydrogens (tertiary/aromatic N) is 5. The molecule has 10 nitrogen and oxygen atoms in total. The van der Waals surface area contributed by atoms with E-state index in [-0.39, 0.29) is 36.3 Å². The molecular weight excluding hydrogens is 452 g/mol. The molecular formula is C20H24N6O4S2. The number of amides is 1. The van der Waals surface area contributed by atoms with Gasteiger partial charge in [0.1, 0.15) is 0 Å². The zero-order valence-electron chi connectivity index (χ0n) is 18.1. The summed E-state index contributed by atoms with van der Waals surface area (Å²) in [5.41, 5.74) is 3.30. The summed E-state index contributed by atoms with van der Waals surface area (Å²) in [6, 6.07) is 1.89. The van der Waals surface area contributed by atoms with Gasteiger partial charge in [-0.2, -0.15) is 9.40 Å². The van der Waals surface area contributed by atoms with Crippen LogP contribution in [0.15, 0.2) is 15.1 Å². The minimum atomic E-state index is -3.77. The van der Waals surface area contributed by atoms with Crippen molar-refractivity contribution in [1.29, 1.82) is 0 Å².